The molecule has 8 nitrogen and oxygen atoms in total. The summed E-state index contributed by atoms with van der Waals surface area (Å²) in [7, 11) is 0. The number of aliphatic hydroxyl groups is 1. The second-order valence-electron chi connectivity index (χ2n) is 9.20. The maximum absolute atomic E-state index is 14.1. The molecule has 1 aliphatic carbocycles. The first-order valence-electron chi connectivity index (χ1n) is 11.3. The first kappa shape index (κ1) is 22.2. The number of halogens is 2. The van der Waals surface area contributed by atoms with Crippen molar-refractivity contribution < 1.29 is 23.9 Å². The maximum atomic E-state index is 14.1. The van der Waals surface area contributed by atoms with Crippen LogP contribution in [0, 0.1) is 17.7 Å². The van der Waals surface area contributed by atoms with Crippen molar-refractivity contribution in [3.05, 3.63) is 46.1 Å². The molecule has 10 heteroatoms. The van der Waals surface area contributed by atoms with Gasteiger partial charge in [-0.15, -0.1) is 0 Å². The Morgan fingerprint density at radius 2 is 2.03 bits per heavy atom. The molecule has 3 heterocycles. The van der Waals surface area contributed by atoms with Gasteiger partial charge < -0.3 is 20.2 Å². The highest BCUT2D eigenvalue weighted by atomic mass is 35.5. The van der Waals surface area contributed by atoms with Gasteiger partial charge >= 0.3 is 0 Å². The summed E-state index contributed by atoms with van der Waals surface area (Å²) in [6.45, 7) is 2.41. The Morgan fingerprint density at radius 1 is 1.24 bits per heavy atom. The number of hydrogen-bond donors (Lipinski definition) is 2. The van der Waals surface area contributed by atoms with E-state index in [2.05, 4.69) is 10.2 Å². The average molecular weight is 477 g/mol. The van der Waals surface area contributed by atoms with Crippen LogP contribution in [-0.2, 0) is 20.9 Å². The third-order valence-electron chi connectivity index (χ3n) is 6.93. The van der Waals surface area contributed by atoms with E-state index >= 15 is 0 Å². The van der Waals surface area contributed by atoms with Crippen LogP contribution in [0.5, 0.6) is 0 Å². The maximum Gasteiger partial charge on any atom is 0.275 e. The van der Waals surface area contributed by atoms with Gasteiger partial charge in [0.05, 0.1) is 11.6 Å². The summed E-state index contributed by atoms with van der Waals surface area (Å²) in [6.07, 6.45) is 2.70. The number of benzene rings is 1. The average Bonchev–Trinajstić information content (AvgIpc) is 3.61. The molecule has 4 aliphatic rings. The molecule has 2 N–H and O–H groups in total. The third kappa shape index (κ3) is 4.08. The van der Waals surface area contributed by atoms with Crippen molar-refractivity contribution in [2.75, 3.05) is 26.2 Å². The SMILES string of the molecule is O=C(NCc1cccc(Cl)c1F)C1CC(O)=C2C(=O)N3CCCN(CC4CC4)C3CN2C1=O. The lowest BCUT2D eigenvalue weighted by Gasteiger charge is -2.51. The molecule has 1 aromatic carbocycles. The highest BCUT2D eigenvalue weighted by Gasteiger charge is 2.50. The van der Waals surface area contributed by atoms with Crippen LogP contribution in [0.15, 0.2) is 29.7 Å². The lowest BCUT2D eigenvalue weighted by Crippen LogP contribution is -2.67. The van der Waals surface area contributed by atoms with Gasteiger partial charge in [0.25, 0.3) is 5.91 Å². The summed E-state index contributed by atoms with van der Waals surface area (Å²) in [6, 6.07) is 4.48. The van der Waals surface area contributed by atoms with Crippen molar-refractivity contribution in [1.29, 1.82) is 0 Å². The monoisotopic (exact) mass is 476 g/mol. The van der Waals surface area contributed by atoms with Gasteiger partial charge in [-0.2, -0.15) is 0 Å². The molecule has 5 rings (SSSR count). The molecule has 1 aromatic rings. The lowest BCUT2D eigenvalue weighted by atomic mass is 9.93. The predicted molar refractivity (Wildman–Crippen MR) is 117 cm³/mol. The van der Waals surface area contributed by atoms with Crippen molar-refractivity contribution in [3.8, 4) is 0 Å². The number of fused-ring (bicyclic) bond motifs is 2. The second kappa shape index (κ2) is 8.61. The molecule has 3 aliphatic heterocycles. The summed E-state index contributed by atoms with van der Waals surface area (Å²) in [5.41, 5.74) is 0.177. The highest BCUT2D eigenvalue weighted by Crippen LogP contribution is 2.36. The predicted octanol–water partition coefficient (Wildman–Crippen LogP) is 2.00. The first-order valence-corrected chi connectivity index (χ1v) is 11.7. The second-order valence-corrected chi connectivity index (χ2v) is 9.61. The normalized spacial score (nSPS) is 25.8. The Bertz CT molecular complexity index is 1040. The third-order valence-corrected chi connectivity index (χ3v) is 7.22. The number of aliphatic hydroxyl groups excluding tert-OH is 1. The molecule has 2 saturated heterocycles. The minimum absolute atomic E-state index is 0.0190. The van der Waals surface area contributed by atoms with Gasteiger partial charge in [0.15, 0.2) is 0 Å². The van der Waals surface area contributed by atoms with Crippen molar-refractivity contribution in [3.63, 3.8) is 0 Å². The molecule has 0 aromatic heterocycles. The van der Waals surface area contributed by atoms with Crippen molar-refractivity contribution >= 4 is 29.3 Å². The molecule has 33 heavy (non-hydrogen) atoms. The van der Waals surface area contributed by atoms with Crippen LogP contribution in [0.1, 0.15) is 31.2 Å². The number of hydrogen-bond acceptors (Lipinski definition) is 5. The Kier molecular flexibility index (Phi) is 5.78. The van der Waals surface area contributed by atoms with E-state index < -0.39 is 23.5 Å². The van der Waals surface area contributed by atoms with Crippen LogP contribution in [-0.4, -0.2) is 69.9 Å². The lowest BCUT2D eigenvalue weighted by molar-refractivity contribution is -0.158. The molecule has 3 fully saturated rings. The van der Waals surface area contributed by atoms with Gasteiger partial charge in [-0.05, 0) is 31.2 Å². The zero-order chi connectivity index (χ0) is 23.3. The number of carbonyl (C=O) groups excluding carboxylic acids is 3. The molecule has 0 spiro atoms. The quantitative estimate of drug-likeness (QED) is 0.634. The van der Waals surface area contributed by atoms with E-state index in [1.807, 2.05) is 0 Å². The van der Waals surface area contributed by atoms with Crippen LogP contribution in [0.3, 0.4) is 0 Å². The van der Waals surface area contributed by atoms with E-state index in [0.29, 0.717) is 12.5 Å². The number of nitrogens with one attached hydrogen (secondary N) is 1. The zero-order valence-electron chi connectivity index (χ0n) is 18.1. The highest BCUT2D eigenvalue weighted by molar-refractivity contribution is 6.30. The summed E-state index contributed by atoms with van der Waals surface area (Å²) >= 11 is 5.79. The molecule has 2 unspecified atom stereocenters. The van der Waals surface area contributed by atoms with E-state index in [9.17, 15) is 23.9 Å². The standard InChI is InChI=1S/C23H26ClFN4O4/c24-16-4-1-3-14(19(16)25)10-26-21(31)15-9-17(30)20-23(33)28-8-2-7-27(11-13-5-6-13)18(28)12-29(20)22(15)32/h1,3-4,13,15,18,30H,2,5-12H2,(H,26,31). The van der Waals surface area contributed by atoms with Gasteiger partial charge in [0.1, 0.15) is 29.4 Å². The van der Waals surface area contributed by atoms with E-state index in [1.165, 1.54) is 29.9 Å². The molecule has 1 saturated carbocycles. The molecule has 0 radical (unpaired) electrons. The summed E-state index contributed by atoms with van der Waals surface area (Å²) in [5.74, 6) is -2.95. The van der Waals surface area contributed by atoms with Crippen LogP contribution >= 0.6 is 11.6 Å². The van der Waals surface area contributed by atoms with Gasteiger partial charge in [-0.1, -0.05) is 23.7 Å². The number of carbonyl (C=O) groups is 3. The topological polar surface area (TPSA) is 93.2 Å². The zero-order valence-corrected chi connectivity index (χ0v) is 18.9. The Morgan fingerprint density at radius 3 is 2.79 bits per heavy atom. The molecule has 2 atom stereocenters. The summed E-state index contributed by atoms with van der Waals surface area (Å²) in [5, 5.41) is 13.2. The molecular weight excluding hydrogens is 451 g/mol. The summed E-state index contributed by atoms with van der Waals surface area (Å²) in [4.78, 5) is 44.5. The van der Waals surface area contributed by atoms with Gasteiger partial charge in [0, 0.05) is 38.2 Å². The van der Waals surface area contributed by atoms with E-state index in [-0.39, 0.29) is 53.6 Å². The van der Waals surface area contributed by atoms with Crippen LogP contribution < -0.4 is 5.32 Å². The molecule has 3 amide bonds. The fourth-order valence-corrected chi connectivity index (χ4v) is 5.18. The fraction of sp³-hybridized carbons (Fsp3) is 0.522. The fourth-order valence-electron chi connectivity index (χ4n) is 4.98. The first-order chi connectivity index (χ1) is 15.8. The number of allylic oxidation sites excluding steroid dienone is 1. The van der Waals surface area contributed by atoms with Crippen LogP contribution in [0.2, 0.25) is 5.02 Å². The number of rotatable bonds is 5. The molecular formula is C23H26ClFN4O4. The number of amides is 3. The Balaban J connectivity index is 1.33. The largest absolute Gasteiger partial charge is 0.510 e. The van der Waals surface area contributed by atoms with Crippen LogP contribution in [0.4, 0.5) is 4.39 Å². The van der Waals surface area contributed by atoms with E-state index in [1.54, 1.807) is 11.0 Å². The van der Waals surface area contributed by atoms with Gasteiger partial charge in [-0.25, -0.2) is 4.39 Å². The van der Waals surface area contributed by atoms with E-state index in [4.69, 9.17) is 11.6 Å². The van der Waals surface area contributed by atoms with Gasteiger partial charge in [0.2, 0.25) is 11.8 Å². The van der Waals surface area contributed by atoms with Crippen molar-refractivity contribution in [2.45, 2.75) is 38.4 Å². The Hall–Kier alpha value is -2.65. The van der Waals surface area contributed by atoms with Crippen molar-refractivity contribution in [2.24, 2.45) is 11.8 Å². The number of nitrogens with zero attached hydrogens (tertiary/aromatic N) is 3. The molecule has 0 bridgehead atoms. The minimum atomic E-state index is -1.18. The summed E-state index contributed by atoms with van der Waals surface area (Å²) < 4.78 is 14.1. The molecule has 176 valence electrons. The van der Waals surface area contributed by atoms with Crippen molar-refractivity contribution in [1.82, 2.24) is 20.0 Å². The smallest absolute Gasteiger partial charge is 0.275 e. The van der Waals surface area contributed by atoms with Gasteiger partial charge in [-0.3, -0.25) is 19.3 Å². The van der Waals surface area contributed by atoms with E-state index in [0.717, 1.165) is 19.5 Å². The van der Waals surface area contributed by atoms with Crippen LogP contribution in [0.25, 0.3) is 0 Å². The Labute approximate surface area is 195 Å². The minimum Gasteiger partial charge on any atom is -0.510 e. The number of piperazine rings is 1.